The van der Waals surface area contributed by atoms with E-state index in [2.05, 4.69) is 0 Å². The molecule has 18 heavy (non-hydrogen) atoms. The van der Waals surface area contributed by atoms with Crippen LogP contribution in [0.15, 0.2) is 23.1 Å². The third kappa shape index (κ3) is 2.67. The molecule has 2 N–H and O–H groups in total. The summed E-state index contributed by atoms with van der Waals surface area (Å²) in [5.74, 6) is 0.520. The fraction of sp³-hybridized carbons (Fsp3) is 0.538. The topological polar surface area (TPSA) is 63.4 Å². The number of anilines is 1. The third-order valence-corrected chi connectivity index (χ3v) is 5.32. The molecule has 0 radical (unpaired) electrons. The Labute approximate surface area is 109 Å². The van der Waals surface area contributed by atoms with Gasteiger partial charge in [0.1, 0.15) is 0 Å². The fourth-order valence-corrected chi connectivity index (χ4v) is 3.63. The zero-order chi connectivity index (χ0) is 13.3. The first-order valence-corrected chi connectivity index (χ1v) is 7.67. The maximum Gasteiger partial charge on any atom is 0.242 e. The van der Waals surface area contributed by atoms with E-state index in [1.807, 2.05) is 6.92 Å². The third-order valence-electron chi connectivity index (χ3n) is 3.52. The van der Waals surface area contributed by atoms with E-state index in [-0.39, 0.29) is 0 Å². The summed E-state index contributed by atoms with van der Waals surface area (Å²) in [6.45, 7) is 2.46. The second kappa shape index (κ2) is 4.90. The molecule has 100 valence electrons. The van der Waals surface area contributed by atoms with Gasteiger partial charge in [0, 0.05) is 19.3 Å². The van der Waals surface area contributed by atoms with Gasteiger partial charge in [-0.1, -0.05) is 6.42 Å². The number of sulfonamides is 1. The molecule has 1 aromatic carbocycles. The van der Waals surface area contributed by atoms with Crippen LogP contribution in [0.1, 0.15) is 24.8 Å². The molecule has 1 saturated carbocycles. The lowest BCUT2D eigenvalue weighted by molar-refractivity contribution is 0.263. The van der Waals surface area contributed by atoms with Crippen molar-refractivity contribution >= 4 is 15.7 Å². The summed E-state index contributed by atoms with van der Waals surface area (Å²) < 4.78 is 26.2. The minimum atomic E-state index is -3.40. The highest BCUT2D eigenvalue weighted by Crippen LogP contribution is 2.29. The van der Waals surface area contributed by atoms with E-state index < -0.39 is 10.0 Å². The standard InChI is InChI=1S/C13H20N2O2S/c1-10-6-12(14)8-13(7-10)18(16,17)15(2)9-11-4-3-5-11/h6-8,11H,3-5,9,14H2,1-2H3. The van der Waals surface area contributed by atoms with Crippen LogP contribution in [0.4, 0.5) is 5.69 Å². The van der Waals surface area contributed by atoms with E-state index >= 15 is 0 Å². The molecule has 4 nitrogen and oxygen atoms in total. The van der Waals surface area contributed by atoms with Crippen LogP contribution in [0, 0.1) is 12.8 Å². The highest BCUT2D eigenvalue weighted by molar-refractivity contribution is 7.89. The molecule has 0 unspecified atom stereocenters. The van der Waals surface area contributed by atoms with Gasteiger partial charge in [0.15, 0.2) is 0 Å². The number of nitrogens with zero attached hydrogens (tertiary/aromatic N) is 1. The Kier molecular flexibility index (Phi) is 3.64. The number of nitrogen functional groups attached to an aromatic ring is 1. The van der Waals surface area contributed by atoms with E-state index in [9.17, 15) is 8.42 Å². The molecule has 0 bridgehead atoms. The number of hydrogen-bond acceptors (Lipinski definition) is 3. The summed E-state index contributed by atoms with van der Waals surface area (Å²) in [5.41, 5.74) is 7.07. The molecule has 1 aromatic rings. The van der Waals surface area contributed by atoms with Gasteiger partial charge in [-0.25, -0.2) is 12.7 Å². The zero-order valence-corrected chi connectivity index (χ0v) is 11.7. The number of aryl methyl sites for hydroxylation is 1. The first kappa shape index (κ1) is 13.4. The molecule has 1 fully saturated rings. The predicted octanol–water partition coefficient (Wildman–Crippen LogP) is 2.00. The molecule has 1 aliphatic rings. The van der Waals surface area contributed by atoms with Crippen LogP contribution in [-0.2, 0) is 10.0 Å². The van der Waals surface area contributed by atoms with Crippen molar-refractivity contribution < 1.29 is 8.42 Å². The van der Waals surface area contributed by atoms with E-state index in [0.29, 0.717) is 23.0 Å². The molecular formula is C13H20N2O2S. The maximum atomic E-state index is 12.4. The Morgan fingerprint density at radius 2 is 2.00 bits per heavy atom. The Balaban J connectivity index is 2.23. The second-order valence-electron chi connectivity index (χ2n) is 5.16. The summed E-state index contributed by atoms with van der Waals surface area (Å²) in [5, 5.41) is 0. The smallest absolute Gasteiger partial charge is 0.242 e. The number of rotatable bonds is 4. The van der Waals surface area contributed by atoms with Crippen molar-refractivity contribution in [3.63, 3.8) is 0 Å². The van der Waals surface area contributed by atoms with Crippen LogP contribution >= 0.6 is 0 Å². The maximum absolute atomic E-state index is 12.4. The molecule has 0 heterocycles. The fourth-order valence-electron chi connectivity index (χ4n) is 2.24. The van der Waals surface area contributed by atoms with Crippen molar-refractivity contribution in [3.05, 3.63) is 23.8 Å². The largest absolute Gasteiger partial charge is 0.399 e. The second-order valence-corrected chi connectivity index (χ2v) is 7.21. The summed E-state index contributed by atoms with van der Waals surface area (Å²) in [4.78, 5) is 0.293. The average Bonchev–Trinajstić information content (AvgIpc) is 2.21. The average molecular weight is 268 g/mol. The van der Waals surface area contributed by atoms with Gasteiger partial charge in [-0.3, -0.25) is 0 Å². The van der Waals surface area contributed by atoms with Crippen molar-refractivity contribution in [3.8, 4) is 0 Å². The lowest BCUT2D eigenvalue weighted by Crippen LogP contribution is -2.34. The first-order valence-electron chi connectivity index (χ1n) is 6.23. The Bertz CT molecular complexity index is 516. The summed E-state index contributed by atoms with van der Waals surface area (Å²) in [6.07, 6.45) is 3.49. The van der Waals surface area contributed by atoms with Crippen LogP contribution in [0.5, 0.6) is 0 Å². The minimum Gasteiger partial charge on any atom is -0.399 e. The molecule has 2 rings (SSSR count). The Morgan fingerprint density at radius 1 is 1.33 bits per heavy atom. The molecule has 0 saturated heterocycles. The minimum absolute atomic E-state index is 0.293. The number of hydrogen-bond donors (Lipinski definition) is 1. The number of nitrogens with two attached hydrogens (primary N) is 1. The first-order chi connectivity index (χ1) is 8.39. The van der Waals surface area contributed by atoms with Crippen LogP contribution in [0.25, 0.3) is 0 Å². The lowest BCUT2D eigenvalue weighted by Gasteiger charge is -2.29. The molecule has 0 aromatic heterocycles. The number of benzene rings is 1. The highest BCUT2D eigenvalue weighted by Gasteiger charge is 2.26. The van der Waals surface area contributed by atoms with Crippen LogP contribution < -0.4 is 5.73 Å². The molecule has 5 heteroatoms. The van der Waals surface area contributed by atoms with Crippen molar-refractivity contribution in [2.45, 2.75) is 31.1 Å². The molecule has 1 aliphatic carbocycles. The Hall–Kier alpha value is -1.07. The summed E-state index contributed by atoms with van der Waals surface area (Å²) in [7, 11) is -1.76. The molecule has 0 atom stereocenters. The van der Waals surface area contributed by atoms with Crippen molar-refractivity contribution in [1.82, 2.24) is 4.31 Å². The predicted molar refractivity (Wildman–Crippen MR) is 72.7 cm³/mol. The van der Waals surface area contributed by atoms with Crippen LogP contribution in [0.2, 0.25) is 0 Å². The lowest BCUT2D eigenvalue weighted by atomic mass is 9.86. The highest BCUT2D eigenvalue weighted by atomic mass is 32.2. The van der Waals surface area contributed by atoms with E-state index in [1.54, 1.807) is 19.2 Å². The molecule has 0 amide bonds. The van der Waals surface area contributed by atoms with Gasteiger partial charge in [0.05, 0.1) is 4.90 Å². The van der Waals surface area contributed by atoms with Gasteiger partial charge in [-0.05, 0) is 49.4 Å². The molecule has 0 spiro atoms. The quantitative estimate of drug-likeness (QED) is 0.849. The Morgan fingerprint density at radius 3 is 2.50 bits per heavy atom. The van der Waals surface area contributed by atoms with Gasteiger partial charge < -0.3 is 5.73 Å². The van der Waals surface area contributed by atoms with Gasteiger partial charge in [-0.2, -0.15) is 0 Å². The van der Waals surface area contributed by atoms with Crippen LogP contribution in [0.3, 0.4) is 0 Å². The molecule has 0 aliphatic heterocycles. The van der Waals surface area contributed by atoms with Crippen molar-refractivity contribution in [1.29, 1.82) is 0 Å². The normalized spacial score (nSPS) is 16.8. The molecular weight excluding hydrogens is 248 g/mol. The van der Waals surface area contributed by atoms with Crippen molar-refractivity contribution in [2.75, 3.05) is 19.3 Å². The van der Waals surface area contributed by atoms with Gasteiger partial charge in [0.25, 0.3) is 0 Å². The van der Waals surface area contributed by atoms with E-state index in [0.717, 1.165) is 18.4 Å². The van der Waals surface area contributed by atoms with Crippen molar-refractivity contribution in [2.24, 2.45) is 5.92 Å². The van der Waals surface area contributed by atoms with Gasteiger partial charge in [0.2, 0.25) is 10.0 Å². The van der Waals surface area contributed by atoms with Crippen LogP contribution in [-0.4, -0.2) is 26.3 Å². The summed E-state index contributed by atoms with van der Waals surface area (Å²) in [6, 6.07) is 4.97. The SMILES string of the molecule is Cc1cc(N)cc(S(=O)(=O)N(C)CC2CCC2)c1. The van der Waals surface area contributed by atoms with Gasteiger partial charge >= 0.3 is 0 Å². The van der Waals surface area contributed by atoms with Gasteiger partial charge in [-0.15, -0.1) is 0 Å². The van der Waals surface area contributed by atoms with E-state index in [4.69, 9.17) is 5.73 Å². The summed E-state index contributed by atoms with van der Waals surface area (Å²) >= 11 is 0. The monoisotopic (exact) mass is 268 g/mol. The zero-order valence-electron chi connectivity index (χ0n) is 10.9. The van der Waals surface area contributed by atoms with E-state index in [1.165, 1.54) is 16.8 Å².